The Balaban J connectivity index is 2.87. The minimum Gasteiger partial charge on any atom is -0.310 e. The van der Waals surface area contributed by atoms with Crippen LogP contribution in [0.15, 0.2) is 10.9 Å². The van der Waals surface area contributed by atoms with Gasteiger partial charge in [0.15, 0.2) is 0 Å². The summed E-state index contributed by atoms with van der Waals surface area (Å²) in [6.45, 7) is 9.55. The summed E-state index contributed by atoms with van der Waals surface area (Å²) in [5, 5.41) is 7.59. The van der Waals surface area contributed by atoms with Gasteiger partial charge in [-0.3, -0.25) is 4.79 Å². The minimum absolute atomic E-state index is 0.0354. The van der Waals surface area contributed by atoms with E-state index < -0.39 is 0 Å². The van der Waals surface area contributed by atoms with Gasteiger partial charge in [0.1, 0.15) is 0 Å². The Hall–Kier alpha value is -1.16. The van der Waals surface area contributed by atoms with Crippen molar-refractivity contribution >= 4 is 0 Å². The van der Waals surface area contributed by atoms with Crippen LogP contribution in [0.5, 0.6) is 0 Å². The van der Waals surface area contributed by atoms with Gasteiger partial charge < -0.3 is 5.32 Å². The van der Waals surface area contributed by atoms with Gasteiger partial charge in [0.05, 0.1) is 5.69 Å². The molecule has 0 radical (unpaired) electrons. The van der Waals surface area contributed by atoms with Crippen LogP contribution in [0.2, 0.25) is 0 Å². The zero-order valence-corrected chi connectivity index (χ0v) is 11.3. The fourth-order valence-corrected chi connectivity index (χ4v) is 1.66. The van der Waals surface area contributed by atoms with E-state index in [1.54, 1.807) is 4.68 Å². The lowest BCUT2D eigenvalue weighted by Crippen LogP contribution is -2.32. The van der Waals surface area contributed by atoms with Crippen molar-refractivity contribution < 1.29 is 0 Å². The number of nitrogens with zero attached hydrogens (tertiary/aromatic N) is 2. The SMILES string of the molecule is CCCn1nc(C)cc(CNC(C)CC)c1=O. The topological polar surface area (TPSA) is 46.9 Å². The molecule has 0 bridgehead atoms. The molecule has 0 fully saturated rings. The predicted octanol–water partition coefficient (Wildman–Crippen LogP) is 1.85. The van der Waals surface area contributed by atoms with Gasteiger partial charge in [-0.25, -0.2) is 4.68 Å². The molecule has 96 valence electrons. The van der Waals surface area contributed by atoms with Crippen LogP contribution in [-0.2, 0) is 13.1 Å². The van der Waals surface area contributed by atoms with Crippen LogP contribution in [0, 0.1) is 6.92 Å². The first-order chi connectivity index (χ1) is 8.08. The molecule has 1 atom stereocenters. The first-order valence-electron chi connectivity index (χ1n) is 6.39. The van der Waals surface area contributed by atoms with Gasteiger partial charge in [-0.1, -0.05) is 13.8 Å². The van der Waals surface area contributed by atoms with Crippen molar-refractivity contribution in [3.8, 4) is 0 Å². The molecule has 0 aliphatic rings. The summed E-state index contributed by atoms with van der Waals surface area (Å²) in [6, 6.07) is 2.31. The van der Waals surface area contributed by atoms with E-state index in [9.17, 15) is 4.79 Å². The average molecular weight is 237 g/mol. The van der Waals surface area contributed by atoms with Crippen LogP contribution in [-0.4, -0.2) is 15.8 Å². The van der Waals surface area contributed by atoms with E-state index in [0.717, 1.165) is 24.1 Å². The Morgan fingerprint density at radius 3 is 2.76 bits per heavy atom. The van der Waals surface area contributed by atoms with Crippen molar-refractivity contribution in [1.29, 1.82) is 0 Å². The highest BCUT2D eigenvalue weighted by Crippen LogP contribution is 1.98. The van der Waals surface area contributed by atoms with Crippen LogP contribution in [0.25, 0.3) is 0 Å². The van der Waals surface area contributed by atoms with Crippen molar-refractivity contribution in [2.75, 3.05) is 0 Å². The second-order valence-corrected chi connectivity index (χ2v) is 4.53. The standard InChI is InChI=1S/C13H23N3O/c1-5-7-16-13(17)12(8-11(4)15-16)9-14-10(3)6-2/h8,10,14H,5-7,9H2,1-4H3. The van der Waals surface area contributed by atoms with Gasteiger partial charge in [0.25, 0.3) is 5.56 Å². The third-order valence-corrected chi connectivity index (χ3v) is 2.86. The van der Waals surface area contributed by atoms with Gasteiger partial charge in [-0.05, 0) is 32.8 Å². The molecule has 1 aromatic rings. The summed E-state index contributed by atoms with van der Waals surface area (Å²) in [5.74, 6) is 0. The Morgan fingerprint density at radius 2 is 2.18 bits per heavy atom. The molecular weight excluding hydrogens is 214 g/mol. The Kier molecular flexibility index (Phi) is 5.35. The third kappa shape index (κ3) is 3.97. The third-order valence-electron chi connectivity index (χ3n) is 2.86. The number of hydrogen-bond acceptors (Lipinski definition) is 3. The molecule has 4 nitrogen and oxygen atoms in total. The molecule has 0 saturated carbocycles. The van der Waals surface area contributed by atoms with Crippen LogP contribution in [0.3, 0.4) is 0 Å². The summed E-state index contributed by atoms with van der Waals surface area (Å²) < 4.78 is 1.57. The van der Waals surface area contributed by atoms with E-state index in [2.05, 4.69) is 24.3 Å². The lowest BCUT2D eigenvalue weighted by Gasteiger charge is -2.12. The van der Waals surface area contributed by atoms with Crippen molar-refractivity contribution in [3.05, 3.63) is 27.7 Å². The zero-order chi connectivity index (χ0) is 12.8. The van der Waals surface area contributed by atoms with E-state index in [1.807, 2.05) is 19.9 Å². The molecule has 17 heavy (non-hydrogen) atoms. The van der Waals surface area contributed by atoms with Crippen molar-refractivity contribution in [1.82, 2.24) is 15.1 Å². The van der Waals surface area contributed by atoms with Crippen molar-refractivity contribution in [2.24, 2.45) is 0 Å². The molecule has 0 spiro atoms. The van der Waals surface area contributed by atoms with Gasteiger partial charge in [0, 0.05) is 24.7 Å². The van der Waals surface area contributed by atoms with Gasteiger partial charge in [-0.15, -0.1) is 0 Å². The molecule has 0 saturated heterocycles. The summed E-state index contributed by atoms with van der Waals surface area (Å²) >= 11 is 0. The van der Waals surface area contributed by atoms with Crippen molar-refractivity contribution in [2.45, 2.75) is 59.7 Å². The average Bonchev–Trinajstić information content (AvgIpc) is 2.31. The number of nitrogens with one attached hydrogen (secondary N) is 1. The molecule has 1 heterocycles. The monoisotopic (exact) mass is 237 g/mol. The molecule has 4 heteroatoms. The summed E-state index contributed by atoms with van der Waals surface area (Å²) in [5.41, 5.74) is 1.75. The smallest absolute Gasteiger partial charge is 0.271 e. The lowest BCUT2D eigenvalue weighted by atomic mass is 10.2. The van der Waals surface area contributed by atoms with Crippen LogP contribution in [0.1, 0.15) is 44.9 Å². The van der Waals surface area contributed by atoms with Gasteiger partial charge >= 0.3 is 0 Å². The van der Waals surface area contributed by atoms with E-state index >= 15 is 0 Å². The second-order valence-electron chi connectivity index (χ2n) is 4.53. The van der Waals surface area contributed by atoms with Crippen molar-refractivity contribution in [3.63, 3.8) is 0 Å². The Morgan fingerprint density at radius 1 is 1.47 bits per heavy atom. The maximum Gasteiger partial charge on any atom is 0.271 e. The summed E-state index contributed by atoms with van der Waals surface area (Å²) in [4.78, 5) is 12.1. The molecule has 1 aromatic heterocycles. The van der Waals surface area contributed by atoms with Crippen LogP contribution < -0.4 is 10.9 Å². The molecular formula is C13H23N3O. The molecule has 1 unspecified atom stereocenters. The predicted molar refractivity (Wildman–Crippen MR) is 70.1 cm³/mol. The molecule has 0 amide bonds. The highest BCUT2D eigenvalue weighted by molar-refractivity contribution is 5.12. The van der Waals surface area contributed by atoms with E-state index in [0.29, 0.717) is 19.1 Å². The Labute approximate surface area is 103 Å². The molecule has 1 N–H and O–H groups in total. The highest BCUT2D eigenvalue weighted by atomic mass is 16.1. The van der Waals surface area contributed by atoms with E-state index in [-0.39, 0.29) is 5.56 Å². The first-order valence-corrected chi connectivity index (χ1v) is 6.39. The number of rotatable bonds is 6. The summed E-state index contributed by atoms with van der Waals surface area (Å²) in [6.07, 6.45) is 1.99. The fourth-order valence-electron chi connectivity index (χ4n) is 1.66. The number of aromatic nitrogens is 2. The zero-order valence-electron chi connectivity index (χ0n) is 11.3. The second kappa shape index (κ2) is 6.55. The maximum atomic E-state index is 12.1. The van der Waals surface area contributed by atoms with Crippen LogP contribution >= 0.6 is 0 Å². The molecule has 0 aliphatic carbocycles. The van der Waals surface area contributed by atoms with E-state index in [4.69, 9.17) is 0 Å². The molecule has 0 aliphatic heterocycles. The molecule has 1 rings (SSSR count). The summed E-state index contributed by atoms with van der Waals surface area (Å²) in [7, 11) is 0. The highest BCUT2D eigenvalue weighted by Gasteiger charge is 2.07. The van der Waals surface area contributed by atoms with Crippen LogP contribution in [0.4, 0.5) is 0 Å². The lowest BCUT2D eigenvalue weighted by molar-refractivity contribution is 0.514. The molecule has 0 aromatic carbocycles. The first kappa shape index (κ1) is 13.9. The maximum absolute atomic E-state index is 12.1. The van der Waals surface area contributed by atoms with E-state index in [1.165, 1.54) is 0 Å². The van der Waals surface area contributed by atoms with Gasteiger partial charge in [-0.2, -0.15) is 5.10 Å². The number of hydrogen-bond donors (Lipinski definition) is 1. The normalized spacial score (nSPS) is 12.7. The Bertz CT molecular complexity index is 412. The fraction of sp³-hybridized carbons (Fsp3) is 0.692. The quantitative estimate of drug-likeness (QED) is 0.821. The number of aryl methyl sites for hydroxylation is 2. The van der Waals surface area contributed by atoms with Gasteiger partial charge in [0.2, 0.25) is 0 Å². The minimum atomic E-state index is 0.0354. The largest absolute Gasteiger partial charge is 0.310 e.